The lowest BCUT2D eigenvalue weighted by molar-refractivity contribution is -0.334. The van der Waals surface area contributed by atoms with Crippen LogP contribution in [0.4, 0.5) is 0 Å². The number of carbonyl (C=O) groups excluding carboxylic acids is 1. The molecule has 0 aromatic carbocycles. The zero-order valence-electron chi connectivity index (χ0n) is 34.7. The Labute approximate surface area is 310 Å². The van der Waals surface area contributed by atoms with Gasteiger partial charge in [0, 0.05) is 6.92 Å². The van der Waals surface area contributed by atoms with Gasteiger partial charge in [-0.2, -0.15) is 0 Å². The number of hydrogen-bond acceptors (Lipinski definition) is 11. The molecule has 0 saturated carbocycles. The Morgan fingerprint density at radius 2 is 0.920 bits per heavy atom. The molecule has 2 aliphatic heterocycles. The third-order valence-electron chi connectivity index (χ3n) is 7.24. The molecule has 2 N–H and O–H groups in total. The zero-order chi connectivity index (χ0) is 38.8. The van der Waals surface area contributed by atoms with E-state index in [0.717, 1.165) is 0 Å². The van der Waals surface area contributed by atoms with E-state index in [1.807, 2.05) is 0 Å². The van der Waals surface area contributed by atoms with Crippen molar-refractivity contribution in [3.05, 3.63) is 0 Å². The third kappa shape index (κ3) is 16.8. The molecule has 0 aromatic heterocycles. The number of ether oxygens (including phenoxy) is 3. The summed E-state index contributed by atoms with van der Waals surface area (Å²) in [5.74, 6) is -0.247. The van der Waals surface area contributed by atoms with Gasteiger partial charge in [-0.15, -0.1) is 0 Å². The Bertz CT molecular complexity index is 1080. The van der Waals surface area contributed by atoms with Crippen molar-refractivity contribution in [2.75, 3.05) is 13.2 Å². The van der Waals surface area contributed by atoms with Gasteiger partial charge in [-0.05, 0) is 118 Å². The van der Waals surface area contributed by atoms with Crippen LogP contribution in [0.25, 0.3) is 0 Å². The summed E-state index contributed by atoms with van der Waals surface area (Å²) >= 11 is 0. The molecule has 1 amide bonds. The second-order valence-corrected chi connectivity index (χ2v) is 46.4. The van der Waals surface area contributed by atoms with E-state index in [1.54, 1.807) is 0 Å². The van der Waals surface area contributed by atoms with Crippen LogP contribution in [0.1, 0.15) is 6.92 Å². The van der Waals surface area contributed by atoms with Gasteiger partial charge in [0.15, 0.2) is 62.5 Å². The van der Waals surface area contributed by atoms with Gasteiger partial charge < -0.3 is 51.2 Å². The molecule has 2 heterocycles. The predicted octanol–water partition coefficient (Wildman–Crippen LogP) is 5.90. The Morgan fingerprint density at radius 3 is 1.32 bits per heavy atom. The fourth-order valence-electron chi connectivity index (χ4n) is 5.73. The van der Waals surface area contributed by atoms with Crippen molar-refractivity contribution in [1.29, 1.82) is 0 Å². The smallest absolute Gasteiger partial charge is 0.217 e. The highest BCUT2D eigenvalue weighted by molar-refractivity contribution is 6.71. The second kappa shape index (κ2) is 17.4. The summed E-state index contributed by atoms with van der Waals surface area (Å²) in [4.78, 5) is 12.9. The molecule has 12 nitrogen and oxygen atoms in total. The van der Waals surface area contributed by atoms with Crippen LogP contribution in [-0.4, -0.2) is 135 Å². The number of amides is 1. The topological polar surface area (TPSA) is 132 Å². The van der Waals surface area contributed by atoms with Crippen LogP contribution < -0.4 is 5.32 Å². The molecule has 50 heavy (non-hydrogen) atoms. The molecule has 0 spiro atoms. The van der Waals surface area contributed by atoms with Crippen LogP contribution in [0.3, 0.4) is 0 Å². The molecule has 0 aromatic rings. The van der Waals surface area contributed by atoms with Gasteiger partial charge in [-0.3, -0.25) is 4.79 Å². The predicted molar refractivity (Wildman–Crippen MR) is 213 cm³/mol. The molecule has 2 saturated heterocycles. The van der Waals surface area contributed by atoms with Crippen LogP contribution in [-0.2, 0) is 45.6 Å². The Morgan fingerprint density at radius 1 is 0.540 bits per heavy atom. The maximum Gasteiger partial charge on any atom is 0.217 e. The molecule has 18 heteroatoms. The SMILES string of the molecule is CC(=O)N[C@H]1[C@H](O[C@@H]2[C@H](O[Si](C)(C)C)[C@@H](O[Si](C)(C)C)C(O)O[C@@H]2CO[Si](C)(C)C)O[C@H](CO[Si](C)(C)C)[C@H](O[Si](C)(C)C)[C@@H]1O[Si](C)(C)C. The van der Waals surface area contributed by atoms with Gasteiger partial charge >= 0.3 is 0 Å². The van der Waals surface area contributed by atoms with Crippen LogP contribution in [0.15, 0.2) is 0 Å². The average molecular weight is 816 g/mol. The minimum absolute atomic E-state index is 0.179. The number of carbonyl (C=O) groups is 1. The number of aliphatic hydroxyl groups excluding tert-OH is 1. The summed E-state index contributed by atoms with van der Waals surface area (Å²) in [6.45, 7) is 39.9. The molecular weight excluding hydrogens is 743 g/mol. The van der Waals surface area contributed by atoms with E-state index in [2.05, 4.69) is 123 Å². The van der Waals surface area contributed by atoms with E-state index in [1.165, 1.54) is 6.92 Å². The van der Waals surface area contributed by atoms with Crippen molar-refractivity contribution in [1.82, 2.24) is 5.32 Å². The first-order chi connectivity index (χ1) is 22.2. The van der Waals surface area contributed by atoms with Crippen LogP contribution >= 0.6 is 0 Å². The highest BCUT2D eigenvalue weighted by atomic mass is 28.4. The van der Waals surface area contributed by atoms with Crippen LogP contribution in [0.2, 0.25) is 118 Å². The van der Waals surface area contributed by atoms with Gasteiger partial charge in [0.1, 0.15) is 42.7 Å². The monoisotopic (exact) mass is 815 g/mol. The quantitative estimate of drug-likeness (QED) is 0.170. The maximum atomic E-state index is 12.9. The standard InChI is InChI=1S/C32H73NO11Si6/c1-22(34)33-25-28(42-48(11,12)13)27(41-47(8,9)10)24(21-37-46(5,6)7)39-32(25)40-26-23(20-36-45(2,3)4)38-31(35)30(44-50(17,18)19)29(26)43-49(14,15)16/h23-32,35H,20-21H2,1-19H3,(H,33,34)/t23-,24-,25-,26+,27+,28-,29+,30-,31?,32+/m1/s1. The molecule has 0 aliphatic carbocycles. The minimum atomic E-state index is -2.27. The van der Waals surface area contributed by atoms with Crippen LogP contribution in [0.5, 0.6) is 0 Å². The minimum Gasteiger partial charge on any atom is -0.415 e. The highest BCUT2D eigenvalue weighted by Crippen LogP contribution is 2.37. The number of rotatable bonds is 17. The summed E-state index contributed by atoms with van der Waals surface area (Å²) in [7, 11) is -12.9. The van der Waals surface area contributed by atoms with Gasteiger partial charge in [0.05, 0.1) is 19.3 Å². The van der Waals surface area contributed by atoms with Crippen molar-refractivity contribution in [2.45, 2.75) is 186 Å². The Kier molecular flexibility index (Phi) is 16.2. The molecule has 296 valence electrons. The molecule has 0 bridgehead atoms. The number of nitrogens with one attached hydrogen (secondary N) is 1. The van der Waals surface area contributed by atoms with E-state index >= 15 is 0 Å². The third-order valence-corrected chi connectivity index (χ3v) is 13.2. The van der Waals surface area contributed by atoms with Crippen molar-refractivity contribution >= 4 is 55.8 Å². The lowest BCUT2D eigenvalue weighted by Crippen LogP contribution is -2.71. The van der Waals surface area contributed by atoms with E-state index in [-0.39, 0.29) is 19.1 Å². The molecule has 2 rings (SSSR count). The van der Waals surface area contributed by atoms with E-state index < -0.39 is 111 Å². The number of hydrogen-bond donors (Lipinski definition) is 2. The first kappa shape index (κ1) is 46.5. The molecule has 0 radical (unpaired) electrons. The summed E-state index contributed by atoms with van der Waals surface area (Å²) in [6.07, 6.45) is -6.96. The van der Waals surface area contributed by atoms with Crippen molar-refractivity contribution in [3.8, 4) is 0 Å². The van der Waals surface area contributed by atoms with E-state index in [4.69, 9.17) is 40.8 Å². The summed E-state index contributed by atoms with van der Waals surface area (Å²) in [5, 5.41) is 14.6. The molecule has 2 aliphatic rings. The van der Waals surface area contributed by atoms with Gasteiger partial charge in [-0.1, -0.05) is 0 Å². The summed E-state index contributed by atoms with van der Waals surface area (Å²) in [5.41, 5.74) is 0. The van der Waals surface area contributed by atoms with Crippen molar-refractivity contribution in [2.24, 2.45) is 0 Å². The lowest BCUT2D eigenvalue weighted by atomic mass is 9.95. The fraction of sp³-hybridized carbons (Fsp3) is 0.969. The second-order valence-electron chi connectivity index (χ2n) is 19.6. The van der Waals surface area contributed by atoms with Crippen molar-refractivity contribution in [3.63, 3.8) is 0 Å². The van der Waals surface area contributed by atoms with E-state index in [0.29, 0.717) is 0 Å². The zero-order valence-corrected chi connectivity index (χ0v) is 40.7. The first-order valence-electron chi connectivity index (χ1n) is 18.1. The van der Waals surface area contributed by atoms with Crippen molar-refractivity contribution < 1.29 is 50.7 Å². The van der Waals surface area contributed by atoms with Gasteiger partial charge in [0.25, 0.3) is 0 Å². The normalized spacial score (nSPS) is 32.2. The lowest BCUT2D eigenvalue weighted by Gasteiger charge is -2.53. The van der Waals surface area contributed by atoms with E-state index in [9.17, 15) is 9.90 Å². The fourth-order valence-corrected chi connectivity index (χ4v) is 11.4. The maximum absolute atomic E-state index is 12.9. The molecular formula is C32H73NO11Si6. The Hall–Kier alpha value is 0.371. The Balaban J connectivity index is 2.79. The summed E-state index contributed by atoms with van der Waals surface area (Å²) in [6, 6.07) is -0.738. The highest BCUT2D eigenvalue weighted by Gasteiger charge is 2.56. The molecule has 2 fully saturated rings. The summed E-state index contributed by atoms with van der Waals surface area (Å²) < 4.78 is 60.5. The first-order valence-corrected chi connectivity index (χ1v) is 38.6. The van der Waals surface area contributed by atoms with Gasteiger partial charge in [0.2, 0.25) is 5.91 Å². The molecule has 1 unspecified atom stereocenters. The number of aliphatic hydroxyl groups is 1. The van der Waals surface area contributed by atoms with Gasteiger partial charge in [-0.25, -0.2) is 0 Å². The average Bonchev–Trinajstić information content (AvgIpc) is 2.84. The largest absolute Gasteiger partial charge is 0.415 e. The molecule has 10 atom stereocenters. The van der Waals surface area contributed by atoms with Crippen LogP contribution in [0, 0.1) is 0 Å².